The molecule has 2 nitrogen and oxygen atoms in total. The molecule has 0 aromatic heterocycles. The summed E-state index contributed by atoms with van der Waals surface area (Å²) in [5.74, 6) is 0. The van der Waals surface area contributed by atoms with Crippen LogP contribution in [-0.4, -0.2) is 6.04 Å². The maximum Gasteiger partial charge on any atom is 0.0639 e. The van der Waals surface area contributed by atoms with Gasteiger partial charge in [-0.05, 0) is 32.0 Å². The summed E-state index contributed by atoms with van der Waals surface area (Å²) < 4.78 is 0. The third kappa shape index (κ3) is 2.31. The summed E-state index contributed by atoms with van der Waals surface area (Å²) in [4.78, 5) is 0. The van der Waals surface area contributed by atoms with Gasteiger partial charge in [0.25, 0.3) is 0 Å². The van der Waals surface area contributed by atoms with E-state index in [4.69, 9.17) is 17.3 Å². The molecule has 3 N–H and O–H groups in total. The quantitative estimate of drug-likeness (QED) is 0.694. The Morgan fingerprint density at radius 2 is 2.08 bits per heavy atom. The molecule has 0 fully saturated rings. The van der Waals surface area contributed by atoms with Crippen molar-refractivity contribution < 1.29 is 0 Å². The molecule has 3 heteroatoms. The van der Waals surface area contributed by atoms with Gasteiger partial charge >= 0.3 is 0 Å². The number of hydrogen-bond donors (Lipinski definition) is 2. The molecule has 0 saturated carbocycles. The van der Waals surface area contributed by atoms with Crippen molar-refractivity contribution in [2.24, 2.45) is 0 Å². The van der Waals surface area contributed by atoms with Crippen molar-refractivity contribution in [2.75, 3.05) is 11.1 Å². The normalized spacial score (nSPS) is 10.3. The number of anilines is 2. The monoisotopic (exact) mass is 184 g/mol. The Balaban J connectivity index is 2.90. The van der Waals surface area contributed by atoms with Gasteiger partial charge in [0.2, 0.25) is 0 Å². The zero-order valence-corrected chi connectivity index (χ0v) is 8.02. The van der Waals surface area contributed by atoms with Crippen molar-refractivity contribution in [3.05, 3.63) is 23.2 Å². The zero-order chi connectivity index (χ0) is 9.14. The van der Waals surface area contributed by atoms with Crippen LogP contribution in [0.4, 0.5) is 11.4 Å². The number of nitrogen functional groups attached to an aromatic ring is 1. The summed E-state index contributed by atoms with van der Waals surface area (Å²) in [5, 5.41) is 3.91. The number of halogens is 1. The van der Waals surface area contributed by atoms with Gasteiger partial charge in [0.05, 0.1) is 10.7 Å². The molecule has 0 spiro atoms. The summed E-state index contributed by atoms with van der Waals surface area (Å²) in [6.07, 6.45) is 0. The minimum atomic E-state index is 0.365. The molecule has 0 saturated heterocycles. The van der Waals surface area contributed by atoms with Crippen LogP contribution in [0.15, 0.2) is 18.2 Å². The van der Waals surface area contributed by atoms with E-state index < -0.39 is 0 Å². The first-order valence-corrected chi connectivity index (χ1v) is 4.29. The van der Waals surface area contributed by atoms with Crippen LogP contribution in [0, 0.1) is 0 Å². The number of hydrogen-bond acceptors (Lipinski definition) is 2. The molecule has 0 aliphatic rings. The van der Waals surface area contributed by atoms with E-state index in [1.807, 2.05) is 6.07 Å². The lowest BCUT2D eigenvalue weighted by Crippen LogP contribution is -2.10. The Morgan fingerprint density at radius 1 is 1.42 bits per heavy atom. The highest BCUT2D eigenvalue weighted by Crippen LogP contribution is 2.24. The molecule has 0 radical (unpaired) electrons. The average molecular weight is 185 g/mol. The average Bonchev–Trinajstić information content (AvgIpc) is 1.96. The van der Waals surface area contributed by atoms with Gasteiger partial charge < -0.3 is 11.1 Å². The van der Waals surface area contributed by atoms with Crippen molar-refractivity contribution in [3.63, 3.8) is 0 Å². The van der Waals surface area contributed by atoms with E-state index >= 15 is 0 Å². The Bertz CT molecular complexity index is 271. The van der Waals surface area contributed by atoms with Crippen LogP contribution in [0.5, 0.6) is 0 Å². The van der Waals surface area contributed by atoms with E-state index in [1.165, 1.54) is 0 Å². The Morgan fingerprint density at radius 3 is 2.67 bits per heavy atom. The topological polar surface area (TPSA) is 38.0 Å². The van der Waals surface area contributed by atoms with Crippen LogP contribution >= 0.6 is 11.6 Å². The molecule has 0 unspecified atom stereocenters. The predicted molar refractivity (Wildman–Crippen MR) is 54.6 cm³/mol. The Hall–Kier alpha value is -0.890. The standard InChI is InChI=1S/C9H13ClN2/c1-6(2)12-9-5-7(11)3-4-8(9)10/h3-6,12H,11H2,1-2H3. The highest BCUT2D eigenvalue weighted by Gasteiger charge is 2.00. The van der Waals surface area contributed by atoms with Crippen molar-refractivity contribution in [1.29, 1.82) is 0 Å². The third-order valence-electron chi connectivity index (χ3n) is 1.43. The van der Waals surface area contributed by atoms with E-state index in [2.05, 4.69) is 19.2 Å². The molecule has 12 heavy (non-hydrogen) atoms. The van der Waals surface area contributed by atoms with Gasteiger partial charge in [0.1, 0.15) is 0 Å². The second-order valence-electron chi connectivity index (χ2n) is 3.04. The first kappa shape index (κ1) is 9.20. The van der Waals surface area contributed by atoms with Gasteiger partial charge in [-0.2, -0.15) is 0 Å². The van der Waals surface area contributed by atoms with Gasteiger partial charge in [0.15, 0.2) is 0 Å². The minimum Gasteiger partial charge on any atom is -0.399 e. The third-order valence-corrected chi connectivity index (χ3v) is 1.76. The lowest BCUT2D eigenvalue weighted by molar-refractivity contribution is 0.900. The molecule has 1 rings (SSSR count). The summed E-state index contributed by atoms with van der Waals surface area (Å²) in [7, 11) is 0. The SMILES string of the molecule is CC(C)Nc1cc(N)ccc1Cl. The number of nitrogens with one attached hydrogen (secondary N) is 1. The Kier molecular flexibility index (Phi) is 2.82. The summed E-state index contributed by atoms with van der Waals surface area (Å²) >= 11 is 5.92. The molecular formula is C9H13ClN2. The second-order valence-corrected chi connectivity index (χ2v) is 3.45. The second kappa shape index (κ2) is 3.68. The minimum absolute atomic E-state index is 0.365. The first-order valence-electron chi connectivity index (χ1n) is 3.91. The van der Waals surface area contributed by atoms with Gasteiger partial charge in [-0.25, -0.2) is 0 Å². The first-order chi connectivity index (χ1) is 5.59. The molecule has 0 amide bonds. The largest absolute Gasteiger partial charge is 0.399 e. The summed E-state index contributed by atoms with van der Waals surface area (Å²) in [6.45, 7) is 4.11. The van der Waals surface area contributed by atoms with Crippen LogP contribution in [0.25, 0.3) is 0 Å². The van der Waals surface area contributed by atoms with Crippen molar-refractivity contribution >= 4 is 23.0 Å². The van der Waals surface area contributed by atoms with Crippen LogP contribution in [-0.2, 0) is 0 Å². The number of rotatable bonds is 2. The lowest BCUT2D eigenvalue weighted by Gasteiger charge is -2.11. The van der Waals surface area contributed by atoms with Crippen molar-refractivity contribution in [3.8, 4) is 0 Å². The fraction of sp³-hybridized carbons (Fsp3) is 0.333. The zero-order valence-electron chi connectivity index (χ0n) is 7.26. The molecule has 1 aromatic rings. The molecular weight excluding hydrogens is 172 g/mol. The maximum atomic E-state index is 5.92. The van der Waals surface area contributed by atoms with E-state index in [9.17, 15) is 0 Å². The number of benzene rings is 1. The van der Waals surface area contributed by atoms with Gasteiger partial charge in [0, 0.05) is 11.7 Å². The van der Waals surface area contributed by atoms with Gasteiger partial charge in [-0.1, -0.05) is 11.6 Å². The lowest BCUT2D eigenvalue weighted by atomic mass is 10.2. The maximum absolute atomic E-state index is 5.92. The highest BCUT2D eigenvalue weighted by molar-refractivity contribution is 6.33. The number of nitrogens with two attached hydrogens (primary N) is 1. The summed E-state index contributed by atoms with van der Waals surface area (Å²) in [5.41, 5.74) is 7.22. The molecule has 0 aliphatic heterocycles. The van der Waals surface area contributed by atoms with Gasteiger partial charge in [-0.3, -0.25) is 0 Å². The predicted octanol–water partition coefficient (Wildman–Crippen LogP) is 2.74. The van der Waals surface area contributed by atoms with Crippen molar-refractivity contribution in [1.82, 2.24) is 0 Å². The van der Waals surface area contributed by atoms with Crippen LogP contribution in [0.1, 0.15) is 13.8 Å². The molecule has 1 aromatic carbocycles. The highest BCUT2D eigenvalue weighted by atomic mass is 35.5. The smallest absolute Gasteiger partial charge is 0.0639 e. The fourth-order valence-electron chi connectivity index (χ4n) is 0.965. The van der Waals surface area contributed by atoms with E-state index in [0.29, 0.717) is 11.1 Å². The van der Waals surface area contributed by atoms with Crippen LogP contribution < -0.4 is 11.1 Å². The molecule has 66 valence electrons. The van der Waals surface area contributed by atoms with E-state index in [1.54, 1.807) is 12.1 Å². The van der Waals surface area contributed by atoms with Crippen LogP contribution in [0.3, 0.4) is 0 Å². The molecule has 0 atom stereocenters. The Labute approximate surface area is 77.7 Å². The van der Waals surface area contributed by atoms with E-state index in [-0.39, 0.29) is 0 Å². The summed E-state index contributed by atoms with van der Waals surface area (Å²) in [6, 6.07) is 5.78. The van der Waals surface area contributed by atoms with Gasteiger partial charge in [-0.15, -0.1) is 0 Å². The molecule has 0 aliphatic carbocycles. The fourth-order valence-corrected chi connectivity index (χ4v) is 1.14. The van der Waals surface area contributed by atoms with Crippen LogP contribution in [0.2, 0.25) is 5.02 Å². The van der Waals surface area contributed by atoms with E-state index in [0.717, 1.165) is 11.4 Å². The molecule has 0 bridgehead atoms. The van der Waals surface area contributed by atoms with Crippen molar-refractivity contribution in [2.45, 2.75) is 19.9 Å². The molecule has 0 heterocycles.